The molecule has 3 unspecified atom stereocenters. The quantitative estimate of drug-likeness (QED) is 0.549. The minimum atomic E-state index is -1.01. The Hall–Kier alpha value is -1.55. The van der Waals surface area contributed by atoms with Crippen LogP contribution in [-0.2, 0) is 4.74 Å². The van der Waals surface area contributed by atoms with Crippen LogP contribution in [-0.4, -0.2) is 28.9 Å². The van der Waals surface area contributed by atoms with Crippen LogP contribution in [0.4, 0.5) is 18.4 Å². The van der Waals surface area contributed by atoms with Gasteiger partial charge in [0.15, 0.2) is 11.6 Å². The summed E-state index contributed by atoms with van der Waals surface area (Å²) in [6.45, 7) is 3.71. The van der Waals surface area contributed by atoms with Gasteiger partial charge in [-0.2, -0.15) is 0 Å². The molecular weight excluding hydrogens is 323 g/mol. The SMILES string of the molecule is CCCCCPC(=O)N1C(=O)OC(C)C1c1ccc(F)c(F)c1. The van der Waals surface area contributed by atoms with Crippen LogP contribution in [0.5, 0.6) is 0 Å². The molecule has 0 N–H and O–H groups in total. The topological polar surface area (TPSA) is 46.6 Å². The summed E-state index contributed by atoms with van der Waals surface area (Å²) in [6.07, 6.45) is 2.41. The van der Waals surface area contributed by atoms with E-state index in [4.69, 9.17) is 4.74 Å². The molecule has 0 bridgehead atoms. The Morgan fingerprint density at radius 2 is 2.04 bits per heavy atom. The Balaban J connectivity index is 2.16. The normalized spacial score (nSPS) is 21.2. The smallest absolute Gasteiger partial charge is 0.417 e. The van der Waals surface area contributed by atoms with E-state index in [1.807, 2.05) is 0 Å². The van der Waals surface area contributed by atoms with Crippen LogP contribution in [0, 0.1) is 11.6 Å². The van der Waals surface area contributed by atoms with E-state index in [1.54, 1.807) is 6.92 Å². The monoisotopic (exact) mass is 343 g/mol. The van der Waals surface area contributed by atoms with Crippen molar-refractivity contribution in [1.29, 1.82) is 0 Å². The lowest BCUT2D eigenvalue weighted by Gasteiger charge is -2.22. The Labute approximate surface area is 136 Å². The summed E-state index contributed by atoms with van der Waals surface area (Å²) in [5.41, 5.74) is 0.0409. The van der Waals surface area contributed by atoms with E-state index in [1.165, 1.54) is 6.07 Å². The van der Waals surface area contributed by atoms with Crippen molar-refractivity contribution in [2.45, 2.75) is 45.3 Å². The number of rotatable bonds is 6. The maximum Gasteiger partial charge on any atom is 0.417 e. The number of carbonyl (C=O) groups is 2. The average molecular weight is 343 g/mol. The molecule has 3 atom stereocenters. The molecule has 1 fully saturated rings. The second-order valence-corrected chi connectivity index (χ2v) is 6.80. The van der Waals surface area contributed by atoms with Crippen LogP contribution in [0.2, 0.25) is 0 Å². The van der Waals surface area contributed by atoms with Crippen LogP contribution in [0.1, 0.15) is 44.7 Å². The highest BCUT2D eigenvalue weighted by molar-refractivity contribution is 7.57. The predicted molar refractivity (Wildman–Crippen MR) is 85.0 cm³/mol. The molecule has 0 spiro atoms. The fraction of sp³-hybridized carbons (Fsp3) is 0.500. The third-order valence-electron chi connectivity index (χ3n) is 3.77. The van der Waals surface area contributed by atoms with Gasteiger partial charge in [-0.3, -0.25) is 4.79 Å². The van der Waals surface area contributed by atoms with Crippen LogP contribution in [0.25, 0.3) is 0 Å². The summed E-state index contributed by atoms with van der Waals surface area (Å²) in [7, 11) is -0.0304. The van der Waals surface area contributed by atoms with Gasteiger partial charge in [0.1, 0.15) is 12.1 Å². The summed E-state index contributed by atoms with van der Waals surface area (Å²) >= 11 is 0. The second kappa shape index (κ2) is 7.82. The lowest BCUT2D eigenvalue weighted by molar-refractivity contribution is 0.138. The van der Waals surface area contributed by atoms with Crippen molar-refractivity contribution in [1.82, 2.24) is 4.90 Å². The predicted octanol–water partition coefficient (Wildman–Crippen LogP) is 4.84. The van der Waals surface area contributed by atoms with E-state index in [2.05, 4.69) is 6.92 Å². The van der Waals surface area contributed by atoms with Gasteiger partial charge in [0.25, 0.3) is 0 Å². The summed E-state index contributed by atoms with van der Waals surface area (Å²) in [5.74, 6) is -1.97. The van der Waals surface area contributed by atoms with Crippen LogP contribution in [0.3, 0.4) is 0 Å². The van der Waals surface area contributed by atoms with Gasteiger partial charge >= 0.3 is 6.09 Å². The lowest BCUT2D eigenvalue weighted by Crippen LogP contribution is -2.32. The van der Waals surface area contributed by atoms with Gasteiger partial charge in [0.2, 0.25) is 5.65 Å². The molecule has 1 aliphatic rings. The summed E-state index contributed by atoms with van der Waals surface area (Å²) in [6, 6.07) is 2.66. The lowest BCUT2D eigenvalue weighted by atomic mass is 10.0. The number of carbonyl (C=O) groups excluding carboxylic acids is 2. The Kier molecular flexibility index (Phi) is 6.05. The van der Waals surface area contributed by atoms with Crippen LogP contribution < -0.4 is 0 Å². The molecule has 4 nitrogen and oxygen atoms in total. The zero-order valence-corrected chi connectivity index (χ0v) is 14.1. The standard InChI is InChI=1S/C16H20F2NO3P/c1-3-4-5-8-23-16(21)19-14(10(2)22-15(19)20)11-6-7-12(17)13(18)9-11/h6-7,9-10,14,23H,3-5,8H2,1-2H3. The number of unbranched alkanes of at least 4 members (excludes halogenated alkanes) is 2. The highest BCUT2D eigenvalue weighted by Gasteiger charge is 2.43. The number of nitrogens with zero attached hydrogens (tertiary/aromatic N) is 1. The number of cyclic esters (lactones) is 1. The Bertz CT molecular complexity index is 597. The third kappa shape index (κ3) is 4.05. The fourth-order valence-electron chi connectivity index (χ4n) is 2.58. The first-order valence-electron chi connectivity index (χ1n) is 7.68. The molecule has 1 saturated heterocycles. The number of benzene rings is 1. The molecular formula is C16H20F2NO3P. The highest BCUT2D eigenvalue weighted by atomic mass is 31.1. The minimum absolute atomic E-state index is 0.0304. The van der Waals surface area contributed by atoms with Gasteiger partial charge in [0, 0.05) is 0 Å². The van der Waals surface area contributed by atoms with Crippen molar-refractivity contribution in [2.75, 3.05) is 6.16 Å². The first-order chi connectivity index (χ1) is 11.0. The van der Waals surface area contributed by atoms with E-state index >= 15 is 0 Å². The van der Waals surface area contributed by atoms with E-state index in [-0.39, 0.29) is 14.2 Å². The third-order valence-corrected chi connectivity index (χ3v) is 4.91. The van der Waals surface area contributed by atoms with Crippen LogP contribution >= 0.6 is 8.58 Å². The number of imide groups is 1. The van der Waals surface area contributed by atoms with Crippen molar-refractivity contribution in [3.8, 4) is 0 Å². The summed E-state index contributed by atoms with van der Waals surface area (Å²) < 4.78 is 31.7. The molecule has 1 heterocycles. The van der Waals surface area contributed by atoms with Gasteiger partial charge in [-0.15, -0.1) is 0 Å². The number of amides is 2. The molecule has 1 aromatic carbocycles. The number of halogens is 2. The molecule has 0 aromatic heterocycles. The Morgan fingerprint density at radius 1 is 1.30 bits per heavy atom. The van der Waals surface area contributed by atoms with Crippen molar-refractivity contribution >= 4 is 20.3 Å². The number of hydrogen-bond acceptors (Lipinski definition) is 3. The van der Waals surface area contributed by atoms with Crippen molar-refractivity contribution in [2.24, 2.45) is 0 Å². The summed E-state index contributed by atoms with van der Waals surface area (Å²) in [4.78, 5) is 25.4. The van der Waals surface area contributed by atoms with Crippen molar-refractivity contribution in [3.05, 3.63) is 35.4 Å². The minimum Gasteiger partial charge on any atom is -0.443 e. The van der Waals surface area contributed by atoms with Gasteiger partial charge in [-0.1, -0.05) is 25.8 Å². The maximum absolute atomic E-state index is 13.5. The Morgan fingerprint density at radius 3 is 2.70 bits per heavy atom. The van der Waals surface area contributed by atoms with Gasteiger partial charge in [-0.25, -0.2) is 18.5 Å². The van der Waals surface area contributed by atoms with E-state index in [9.17, 15) is 18.4 Å². The highest BCUT2D eigenvalue weighted by Crippen LogP contribution is 2.37. The van der Waals surface area contributed by atoms with Gasteiger partial charge in [-0.05, 0) is 45.8 Å². The van der Waals surface area contributed by atoms with Crippen molar-refractivity contribution < 1.29 is 23.1 Å². The van der Waals surface area contributed by atoms with Crippen LogP contribution in [0.15, 0.2) is 18.2 Å². The average Bonchev–Trinajstić information content (AvgIpc) is 2.81. The van der Waals surface area contributed by atoms with E-state index in [0.29, 0.717) is 5.56 Å². The first-order valence-corrected chi connectivity index (χ1v) is 8.89. The van der Waals surface area contributed by atoms with E-state index in [0.717, 1.165) is 42.5 Å². The fourth-order valence-corrected chi connectivity index (χ4v) is 3.63. The molecule has 2 amide bonds. The number of hydrogen-bond donors (Lipinski definition) is 0. The largest absolute Gasteiger partial charge is 0.443 e. The molecule has 2 rings (SSSR count). The molecule has 0 aliphatic carbocycles. The molecule has 1 aliphatic heterocycles. The molecule has 0 saturated carbocycles. The zero-order chi connectivity index (χ0) is 17.0. The summed E-state index contributed by atoms with van der Waals surface area (Å²) in [5, 5.41) is 0. The molecule has 7 heteroatoms. The number of ether oxygens (including phenoxy) is 1. The zero-order valence-electron chi connectivity index (χ0n) is 13.1. The molecule has 1 aromatic rings. The molecule has 0 radical (unpaired) electrons. The maximum atomic E-state index is 13.5. The first kappa shape index (κ1) is 17.8. The van der Waals surface area contributed by atoms with E-state index < -0.39 is 29.9 Å². The molecule has 23 heavy (non-hydrogen) atoms. The second-order valence-electron chi connectivity index (χ2n) is 5.52. The van der Waals surface area contributed by atoms with Gasteiger partial charge < -0.3 is 4.74 Å². The van der Waals surface area contributed by atoms with Crippen molar-refractivity contribution in [3.63, 3.8) is 0 Å². The molecule has 126 valence electrons. The van der Waals surface area contributed by atoms with Gasteiger partial charge in [0.05, 0.1) is 0 Å².